The van der Waals surface area contributed by atoms with Crippen LogP contribution in [-0.4, -0.2) is 47.9 Å². The van der Waals surface area contributed by atoms with E-state index in [1.54, 1.807) is 0 Å². The molecule has 1 atom stereocenters. The molecule has 0 aliphatic carbocycles. The molecule has 5 nitrogen and oxygen atoms in total. The smallest absolute Gasteiger partial charge is 0.157 e. The second-order valence-electron chi connectivity index (χ2n) is 7.20. The Bertz CT molecular complexity index is 904. The van der Waals surface area contributed by atoms with Crippen LogP contribution >= 0.6 is 0 Å². The molecule has 1 N–H and O–H groups in total. The summed E-state index contributed by atoms with van der Waals surface area (Å²) < 4.78 is 5.51. The first-order chi connectivity index (χ1) is 13.2. The zero-order valence-electron chi connectivity index (χ0n) is 16.0. The average Bonchev–Trinajstić information content (AvgIpc) is 2.71. The van der Waals surface area contributed by atoms with Crippen molar-refractivity contribution in [1.29, 1.82) is 0 Å². The minimum absolute atomic E-state index is 0.143. The summed E-state index contributed by atoms with van der Waals surface area (Å²) in [6, 6.07) is 17.2. The third-order valence-electron chi connectivity index (χ3n) is 5.21. The average molecular weight is 362 g/mol. The monoisotopic (exact) mass is 362 g/mol. The first-order valence-corrected chi connectivity index (χ1v) is 9.56. The van der Waals surface area contributed by atoms with Crippen LogP contribution in [0.2, 0.25) is 0 Å². The van der Waals surface area contributed by atoms with Gasteiger partial charge in [0.25, 0.3) is 0 Å². The van der Waals surface area contributed by atoms with Crippen LogP contribution in [0.15, 0.2) is 48.5 Å². The molecular weight excluding hydrogens is 336 g/mol. The van der Waals surface area contributed by atoms with Crippen molar-refractivity contribution in [2.75, 3.05) is 38.2 Å². The predicted octanol–water partition coefficient (Wildman–Crippen LogP) is 3.73. The Morgan fingerprint density at radius 3 is 2.41 bits per heavy atom. The van der Waals surface area contributed by atoms with E-state index >= 15 is 0 Å². The highest BCUT2D eigenvalue weighted by Crippen LogP contribution is 2.27. The molecule has 140 valence electrons. The molecule has 1 aliphatic heterocycles. The Morgan fingerprint density at radius 1 is 0.963 bits per heavy atom. The standard InChI is InChI=1S/C22H26N4O/c1-16-7-9-18(10-8-16)21(15-26-11-13-27-14-12-26)23-22-20-6-4-3-5-19(20)17(2)24-25-22/h3-10,21H,11-15H2,1-2H3,(H,23,25). The molecule has 0 amide bonds. The topological polar surface area (TPSA) is 50.3 Å². The van der Waals surface area contributed by atoms with Gasteiger partial charge in [0.05, 0.1) is 24.9 Å². The molecule has 0 saturated carbocycles. The number of benzene rings is 2. The zero-order chi connectivity index (χ0) is 18.6. The van der Waals surface area contributed by atoms with Crippen molar-refractivity contribution in [3.8, 4) is 0 Å². The Labute approximate surface area is 160 Å². The van der Waals surface area contributed by atoms with Gasteiger partial charge in [0, 0.05) is 30.4 Å². The molecule has 1 aliphatic rings. The summed E-state index contributed by atoms with van der Waals surface area (Å²) in [5, 5.41) is 14.8. The third-order valence-corrected chi connectivity index (χ3v) is 5.21. The van der Waals surface area contributed by atoms with Crippen molar-refractivity contribution in [2.45, 2.75) is 19.9 Å². The van der Waals surface area contributed by atoms with Gasteiger partial charge in [0.15, 0.2) is 5.82 Å². The molecule has 3 aromatic rings. The maximum absolute atomic E-state index is 5.51. The van der Waals surface area contributed by atoms with Crippen molar-refractivity contribution >= 4 is 16.6 Å². The molecule has 5 heteroatoms. The highest BCUT2D eigenvalue weighted by atomic mass is 16.5. The number of fused-ring (bicyclic) bond motifs is 1. The summed E-state index contributed by atoms with van der Waals surface area (Å²) in [6.07, 6.45) is 0. The quantitative estimate of drug-likeness (QED) is 0.749. The van der Waals surface area contributed by atoms with E-state index in [4.69, 9.17) is 4.74 Å². The lowest BCUT2D eigenvalue weighted by Gasteiger charge is -2.31. The summed E-state index contributed by atoms with van der Waals surface area (Å²) >= 11 is 0. The van der Waals surface area contributed by atoms with E-state index in [0.29, 0.717) is 0 Å². The van der Waals surface area contributed by atoms with E-state index in [2.05, 4.69) is 69.8 Å². The van der Waals surface area contributed by atoms with Crippen LogP contribution < -0.4 is 5.32 Å². The molecule has 0 radical (unpaired) electrons. The van der Waals surface area contributed by atoms with Gasteiger partial charge in [0.2, 0.25) is 0 Å². The van der Waals surface area contributed by atoms with Gasteiger partial charge in [-0.05, 0) is 19.4 Å². The molecule has 0 spiro atoms. The van der Waals surface area contributed by atoms with Crippen molar-refractivity contribution in [2.24, 2.45) is 0 Å². The number of anilines is 1. The fourth-order valence-corrected chi connectivity index (χ4v) is 3.58. The summed E-state index contributed by atoms with van der Waals surface area (Å²) in [5.74, 6) is 0.843. The van der Waals surface area contributed by atoms with Crippen molar-refractivity contribution < 1.29 is 4.74 Å². The van der Waals surface area contributed by atoms with Crippen molar-refractivity contribution in [3.05, 3.63) is 65.4 Å². The Hall–Kier alpha value is -2.50. The SMILES string of the molecule is Cc1ccc(C(CN2CCOCC2)Nc2nnc(C)c3ccccc23)cc1. The number of nitrogens with one attached hydrogen (secondary N) is 1. The number of hydrogen-bond donors (Lipinski definition) is 1. The lowest BCUT2D eigenvalue weighted by molar-refractivity contribution is 0.0361. The van der Waals surface area contributed by atoms with Crippen molar-refractivity contribution in [1.82, 2.24) is 15.1 Å². The third kappa shape index (κ3) is 4.10. The molecular formula is C22H26N4O. The lowest BCUT2D eigenvalue weighted by Crippen LogP contribution is -2.40. The van der Waals surface area contributed by atoms with E-state index in [-0.39, 0.29) is 6.04 Å². The molecule has 0 bridgehead atoms. The molecule has 1 unspecified atom stereocenters. The molecule has 2 heterocycles. The zero-order valence-corrected chi connectivity index (χ0v) is 16.0. The largest absolute Gasteiger partial charge is 0.379 e. The second-order valence-corrected chi connectivity index (χ2v) is 7.20. The number of nitrogens with zero attached hydrogens (tertiary/aromatic N) is 3. The van der Waals surface area contributed by atoms with Crippen LogP contribution in [0, 0.1) is 13.8 Å². The summed E-state index contributed by atoms with van der Waals surface area (Å²) in [5.41, 5.74) is 3.49. The van der Waals surface area contributed by atoms with Crippen LogP contribution in [-0.2, 0) is 4.74 Å². The Balaban J connectivity index is 1.66. The Kier molecular flexibility index (Phi) is 5.32. The van der Waals surface area contributed by atoms with Crippen LogP contribution in [0.5, 0.6) is 0 Å². The molecule has 4 rings (SSSR count). The number of ether oxygens (including phenoxy) is 1. The van der Waals surface area contributed by atoms with Gasteiger partial charge in [-0.15, -0.1) is 5.10 Å². The van der Waals surface area contributed by atoms with Crippen LogP contribution in [0.4, 0.5) is 5.82 Å². The fraction of sp³-hybridized carbons (Fsp3) is 0.364. The van der Waals surface area contributed by atoms with E-state index in [9.17, 15) is 0 Å². The molecule has 27 heavy (non-hydrogen) atoms. The number of hydrogen-bond acceptors (Lipinski definition) is 5. The van der Waals surface area contributed by atoms with Gasteiger partial charge >= 0.3 is 0 Å². The fourth-order valence-electron chi connectivity index (χ4n) is 3.58. The summed E-state index contributed by atoms with van der Waals surface area (Å²) in [7, 11) is 0. The first-order valence-electron chi connectivity index (χ1n) is 9.56. The normalized spacial score (nSPS) is 16.4. The molecule has 1 aromatic heterocycles. The van der Waals surface area contributed by atoms with Crippen molar-refractivity contribution in [3.63, 3.8) is 0 Å². The second kappa shape index (κ2) is 8.03. The minimum atomic E-state index is 0.143. The van der Waals surface area contributed by atoms with E-state index in [1.165, 1.54) is 11.1 Å². The van der Waals surface area contributed by atoms with Crippen LogP contribution in [0.3, 0.4) is 0 Å². The van der Waals surface area contributed by atoms with Crippen LogP contribution in [0.1, 0.15) is 22.9 Å². The number of aryl methyl sites for hydroxylation is 2. The molecule has 1 fully saturated rings. The van der Waals surface area contributed by atoms with E-state index in [0.717, 1.165) is 55.1 Å². The summed E-state index contributed by atoms with van der Waals surface area (Å²) in [4.78, 5) is 2.45. The Morgan fingerprint density at radius 2 is 1.67 bits per heavy atom. The van der Waals surface area contributed by atoms with Gasteiger partial charge < -0.3 is 10.1 Å². The highest BCUT2D eigenvalue weighted by Gasteiger charge is 2.20. The highest BCUT2D eigenvalue weighted by molar-refractivity contribution is 5.93. The molecule has 2 aromatic carbocycles. The maximum Gasteiger partial charge on any atom is 0.157 e. The minimum Gasteiger partial charge on any atom is -0.379 e. The maximum atomic E-state index is 5.51. The first kappa shape index (κ1) is 17.9. The lowest BCUT2D eigenvalue weighted by atomic mass is 10.0. The molecule has 1 saturated heterocycles. The van der Waals surface area contributed by atoms with E-state index in [1.807, 2.05) is 13.0 Å². The van der Waals surface area contributed by atoms with Gasteiger partial charge in [-0.2, -0.15) is 5.10 Å². The number of aromatic nitrogens is 2. The van der Waals surface area contributed by atoms with Gasteiger partial charge in [0.1, 0.15) is 0 Å². The van der Waals surface area contributed by atoms with Crippen LogP contribution in [0.25, 0.3) is 10.8 Å². The summed E-state index contributed by atoms with van der Waals surface area (Å²) in [6.45, 7) is 8.56. The number of rotatable bonds is 5. The van der Waals surface area contributed by atoms with E-state index < -0.39 is 0 Å². The predicted molar refractivity (Wildman–Crippen MR) is 109 cm³/mol. The van der Waals surface area contributed by atoms with Gasteiger partial charge in [-0.3, -0.25) is 4.90 Å². The van der Waals surface area contributed by atoms with Gasteiger partial charge in [-0.25, -0.2) is 0 Å². The van der Waals surface area contributed by atoms with Gasteiger partial charge in [-0.1, -0.05) is 54.1 Å². The number of morpholine rings is 1.